The lowest BCUT2D eigenvalue weighted by atomic mass is 10.1. The first-order valence-corrected chi connectivity index (χ1v) is 11.9. The molecule has 9 heteroatoms. The third kappa shape index (κ3) is 6.91. The summed E-state index contributed by atoms with van der Waals surface area (Å²) in [6.45, 7) is 2.56. The van der Waals surface area contributed by atoms with Crippen LogP contribution in [0.15, 0.2) is 64.6 Å². The molecule has 3 rings (SSSR count). The highest BCUT2D eigenvalue weighted by molar-refractivity contribution is 9.10. The molecular weight excluding hydrogens is 563 g/mol. The quantitative estimate of drug-likeness (QED) is 0.217. The number of anilines is 1. The summed E-state index contributed by atoms with van der Waals surface area (Å²) in [5, 5.41) is 13.5. The largest absolute Gasteiger partial charge is 0.490 e. The third-order valence-electron chi connectivity index (χ3n) is 4.48. The number of hydrogen-bond donors (Lipinski definition) is 1. The minimum absolute atomic E-state index is 0.102. The number of nitrogens with zero attached hydrogens (tertiary/aromatic N) is 1. The first-order chi connectivity index (χ1) is 16.3. The van der Waals surface area contributed by atoms with Crippen LogP contribution in [-0.4, -0.2) is 12.5 Å². The van der Waals surface area contributed by atoms with E-state index in [-0.39, 0.29) is 5.57 Å². The van der Waals surface area contributed by atoms with E-state index in [0.29, 0.717) is 55.5 Å². The summed E-state index contributed by atoms with van der Waals surface area (Å²) in [4.78, 5) is 12.6. The van der Waals surface area contributed by atoms with Crippen LogP contribution in [0.3, 0.4) is 0 Å². The number of carbonyl (C=O) groups excluding carboxylic acids is 1. The van der Waals surface area contributed by atoms with E-state index in [1.807, 2.05) is 25.1 Å². The van der Waals surface area contributed by atoms with Gasteiger partial charge in [0.15, 0.2) is 11.5 Å². The fourth-order valence-electron chi connectivity index (χ4n) is 2.90. The van der Waals surface area contributed by atoms with Gasteiger partial charge in [0.25, 0.3) is 5.91 Å². The molecule has 0 aliphatic rings. The van der Waals surface area contributed by atoms with Crippen molar-refractivity contribution >= 4 is 68.4 Å². The highest BCUT2D eigenvalue weighted by atomic mass is 79.9. The van der Waals surface area contributed by atoms with Crippen molar-refractivity contribution < 1.29 is 14.3 Å². The lowest BCUT2D eigenvalue weighted by molar-refractivity contribution is -0.112. The molecule has 0 unspecified atom stereocenters. The van der Waals surface area contributed by atoms with Crippen molar-refractivity contribution in [2.45, 2.75) is 13.5 Å². The lowest BCUT2D eigenvalue weighted by Gasteiger charge is -2.15. The predicted molar refractivity (Wildman–Crippen MR) is 140 cm³/mol. The van der Waals surface area contributed by atoms with Gasteiger partial charge in [-0.05, 0) is 82.5 Å². The SMILES string of the molecule is CCOc1cc(/C=C(\C#N)C(=O)Nc2ccc(Cl)c(Cl)c2)cc(Br)c1OCc1ccc(Cl)cc1. The molecule has 5 nitrogen and oxygen atoms in total. The molecule has 0 atom stereocenters. The van der Waals surface area contributed by atoms with Crippen LogP contribution in [0.2, 0.25) is 15.1 Å². The topological polar surface area (TPSA) is 71.3 Å². The zero-order valence-electron chi connectivity index (χ0n) is 17.9. The standard InChI is InChI=1S/C25H18BrCl3N2O3/c1-2-33-23-11-16(10-20(26)24(23)34-14-15-3-5-18(27)6-4-15)9-17(13-30)25(32)31-19-7-8-21(28)22(29)12-19/h3-12H,2,14H2,1H3,(H,31,32)/b17-9+. The predicted octanol–water partition coefficient (Wildman–Crippen LogP) is 7.93. The molecule has 3 aromatic rings. The van der Waals surface area contributed by atoms with Gasteiger partial charge in [-0.25, -0.2) is 0 Å². The van der Waals surface area contributed by atoms with Gasteiger partial charge in [-0.2, -0.15) is 5.26 Å². The van der Waals surface area contributed by atoms with Gasteiger partial charge in [0.2, 0.25) is 0 Å². The maximum atomic E-state index is 12.6. The molecule has 0 radical (unpaired) electrons. The molecule has 0 heterocycles. The number of nitriles is 1. The molecule has 0 aromatic heterocycles. The molecule has 174 valence electrons. The number of nitrogens with one attached hydrogen (secondary N) is 1. The van der Waals surface area contributed by atoms with Crippen molar-refractivity contribution in [1.82, 2.24) is 0 Å². The number of ether oxygens (including phenoxy) is 2. The molecule has 34 heavy (non-hydrogen) atoms. The number of rotatable bonds is 8. The molecular formula is C25H18BrCl3N2O3. The molecule has 0 saturated heterocycles. The second-order valence-corrected chi connectivity index (χ2v) is 9.04. The van der Waals surface area contributed by atoms with Crippen LogP contribution in [0.5, 0.6) is 11.5 Å². The summed E-state index contributed by atoms with van der Waals surface area (Å²) in [5.41, 5.74) is 1.83. The Balaban J connectivity index is 1.84. The van der Waals surface area contributed by atoms with Crippen LogP contribution in [0.25, 0.3) is 6.08 Å². The third-order valence-corrected chi connectivity index (χ3v) is 6.06. The second kappa shape index (κ2) is 12.1. The van der Waals surface area contributed by atoms with Crippen LogP contribution in [0.1, 0.15) is 18.1 Å². The van der Waals surface area contributed by atoms with Gasteiger partial charge in [-0.3, -0.25) is 4.79 Å². The number of benzene rings is 3. The van der Waals surface area contributed by atoms with Crippen molar-refractivity contribution in [3.8, 4) is 17.6 Å². The molecule has 0 aliphatic carbocycles. The number of carbonyl (C=O) groups is 1. The van der Waals surface area contributed by atoms with E-state index in [9.17, 15) is 10.1 Å². The van der Waals surface area contributed by atoms with E-state index in [2.05, 4.69) is 21.2 Å². The lowest BCUT2D eigenvalue weighted by Crippen LogP contribution is -2.13. The summed E-state index contributed by atoms with van der Waals surface area (Å²) in [6.07, 6.45) is 1.46. The van der Waals surface area contributed by atoms with Gasteiger partial charge in [-0.15, -0.1) is 0 Å². The van der Waals surface area contributed by atoms with E-state index >= 15 is 0 Å². The Kier molecular flexibility index (Phi) is 9.26. The number of halogens is 4. The Morgan fingerprint density at radius 1 is 1.06 bits per heavy atom. The molecule has 1 amide bonds. The van der Waals surface area contributed by atoms with E-state index in [1.165, 1.54) is 12.1 Å². The van der Waals surface area contributed by atoms with E-state index < -0.39 is 5.91 Å². The Hall–Kier alpha value is -2.69. The van der Waals surface area contributed by atoms with Crippen LogP contribution in [0, 0.1) is 11.3 Å². The molecule has 0 saturated carbocycles. The van der Waals surface area contributed by atoms with Crippen molar-refractivity contribution in [2.24, 2.45) is 0 Å². The van der Waals surface area contributed by atoms with Gasteiger partial charge < -0.3 is 14.8 Å². The number of amides is 1. The maximum absolute atomic E-state index is 12.6. The Bertz CT molecular complexity index is 1270. The summed E-state index contributed by atoms with van der Waals surface area (Å²) in [6, 6.07) is 17.4. The molecule has 0 spiro atoms. The van der Waals surface area contributed by atoms with Crippen LogP contribution in [-0.2, 0) is 11.4 Å². The zero-order chi connectivity index (χ0) is 24.7. The summed E-state index contributed by atoms with van der Waals surface area (Å²) >= 11 is 21.3. The molecule has 0 bridgehead atoms. The fourth-order valence-corrected chi connectivity index (χ4v) is 3.90. The molecule has 1 N–H and O–H groups in total. The highest BCUT2D eigenvalue weighted by Gasteiger charge is 2.15. The second-order valence-electron chi connectivity index (χ2n) is 6.93. The van der Waals surface area contributed by atoms with Crippen molar-refractivity contribution in [1.29, 1.82) is 5.26 Å². The van der Waals surface area contributed by atoms with Gasteiger partial charge in [0.1, 0.15) is 18.2 Å². The average Bonchev–Trinajstić information content (AvgIpc) is 2.80. The fraction of sp³-hybridized carbons (Fsp3) is 0.120. The smallest absolute Gasteiger partial charge is 0.266 e. The van der Waals surface area contributed by atoms with Gasteiger partial charge in [0, 0.05) is 10.7 Å². The van der Waals surface area contributed by atoms with E-state index in [0.717, 1.165) is 5.56 Å². The van der Waals surface area contributed by atoms with Gasteiger partial charge in [-0.1, -0.05) is 46.9 Å². The van der Waals surface area contributed by atoms with Crippen molar-refractivity contribution in [3.63, 3.8) is 0 Å². The monoisotopic (exact) mass is 578 g/mol. The van der Waals surface area contributed by atoms with E-state index in [1.54, 1.807) is 36.4 Å². The van der Waals surface area contributed by atoms with Crippen molar-refractivity contribution in [2.75, 3.05) is 11.9 Å². The van der Waals surface area contributed by atoms with Gasteiger partial charge >= 0.3 is 0 Å². The Morgan fingerprint density at radius 3 is 2.44 bits per heavy atom. The summed E-state index contributed by atoms with van der Waals surface area (Å²) in [5.74, 6) is 0.394. The molecule has 0 aliphatic heterocycles. The normalized spacial score (nSPS) is 11.0. The van der Waals surface area contributed by atoms with Crippen LogP contribution >= 0.6 is 50.7 Å². The Labute approximate surface area is 221 Å². The summed E-state index contributed by atoms with van der Waals surface area (Å²) < 4.78 is 12.3. The zero-order valence-corrected chi connectivity index (χ0v) is 21.7. The number of hydrogen-bond acceptors (Lipinski definition) is 4. The van der Waals surface area contributed by atoms with Crippen molar-refractivity contribution in [3.05, 3.63) is 90.8 Å². The first-order valence-electron chi connectivity index (χ1n) is 10.0. The van der Waals surface area contributed by atoms with E-state index in [4.69, 9.17) is 44.3 Å². The maximum Gasteiger partial charge on any atom is 0.266 e. The molecule has 3 aromatic carbocycles. The van der Waals surface area contributed by atoms with Crippen LogP contribution < -0.4 is 14.8 Å². The molecule has 0 fully saturated rings. The minimum Gasteiger partial charge on any atom is -0.490 e. The summed E-state index contributed by atoms with van der Waals surface area (Å²) in [7, 11) is 0. The highest BCUT2D eigenvalue weighted by Crippen LogP contribution is 2.38. The Morgan fingerprint density at radius 2 is 1.79 bits per heavy atom. The average molecular weight is 581 g/mol. The van der Waals surface area contributed by atoms with Gasteiger partial charge in [0.05, 0.1) is 21.1 Å². The minimum atomic E-state index is -0.585. The van der Waals surface area contributed by atoms with Crippen LogP contribution in [0.4, 0.5) is 5.69 Å². The first kappa shape index (κ1) is 25.9.